The minimum atomic E-state index is -0.764. The van der Waals surface area contributed by atoms with E-state index in [-0.39, 0.29) is 5.91 Å². The van der Waals surface area contributed by atoms with Crippen LogP contribution in [0.25, 0.3) is 0 Å². The molecule has 0 aliphatic rings. The lowest BCUT2D eigenvalue weighted by molar-refractivity contribution is -0.119. The summed E-state index contributed by atoms with van der Waals surface area (Å²) in [6.07, 6.45) is 0.354. The van der Waals surface area contributed by atoms with Gasteiger partial charge in [0.25, 0.3) is 5.91 Å². The van der Waals surface area contributed by atoms with Crippen molar-refractivity contribution < 1.29 is 9.59 Å². The molecule has 0 unspecified atom stereocenters. The largest absolute Gasteiger partial charge is 0.368 e. The molecule has 0 spiro atoms. The Bertz CT molecular complexity index is 715. The van der Waals surface area contributed by atoms with Crippen LogP contribution in [0.15, 0.2) is 51.4 Å². The summed E-state index contributed by atoms with van der Waals surface area (Å²) in [4.78, 5) is 24.0. The molecule has 120 valence electrons. The Balaban J connectivity index is 2.14. The van der Waals surface area contributed by atoms with Gasteiger partial charge in [-0.25, -0.2) is 0 Å². The molecule has 2 aromatic rings. The molecule has 0 radical (unpaired) electrons. The standard InChI is InChI=1S/C16H13Br2IN2O2/c17-11-6-10(7-12(18)8-11)16(23)21-14(15(20)22)5-9-1-3-13(19)4-2-9/h1-4,6-8,14H,5H2,(H2,20,22)(H,21,23)/t14-/m0/s1. The zero-order valence-electron chi connectivity index (χ0n) is 11.9. The quantitative estimate of drug-likeness (QED) is 0.557. The Labute approximate surface area is 164 Å². The molecule has 0 saturated heterocycles. The van der Waals surface area contributed by atoms with Gasteiger partial charge in [0, 0.05) is 24.5 Å². The van der Waals surface area contributed by atoms with Crippen LogP contribution in [0, 0.1) is 3.57 Å². The second-order valence-corrected chi connectivity index (χ2v) is 7.99. The summed E-state index contributed by atoms with van der Waals surface area (Å²) in [6.45, 7) is 0. The first-order valence-electron chi connectivity index (χ1n) is 6.66. The first-order chi connectivity index (χ1) is 10.8. The maximum atomic E-state index is 12.3. The molecule has 0 aromatic heterocycles. The SMILES string of the molecule is NC(=O)[C@H](Cc1ccc(I)cc1)NC(=O)c1cc(Br)cc(Br)c1. The summed E-state index contributed by atoms with van der Waals surface area (Å²) in [5, 5.41) is 2.69. The van der Waals surface area contributed by atoms with Gasteiger partial charge in [0.2, 0.25) is 5.91 Å². The van der Waals surface area contributed by atoms with E-state index < -0.39 is 11.9 Å². The minimum absolute atomic E-state index is 0.346. The van der Waals surface area contributed by atoms with Crippen molar-refractivity contribution in [3.63, 3.8) is 0 Å². The number of nitrogens with two attached hydrogens (primary N) is 1. The maximum Gasteiger partial charge on any atom is 0.252 e. The molecule has 0 bridgehead atoms. The van der Waals surface area contributed by atoms with Crippen LogP contribution >= 0.6 is 54.5 Å². The molecule has 2 aromatic carbocycles. The number of hydrogen-bond donors (Lipinski definition) is 2. The average Bonchev–Trinajstić information content (AvgIpc) is 2.47. The molecule has 3 N–H and O–H groups in total. The zero-order valence-corrected chi connectivity index (χ0v) is 17.2. The van der Waals surface area contributed by atoms with E-state index in [1.807, 2.05) is 30.3 Å². The number of rotatable bonds is 5. The van der Waals surface area contributed by atoms with Gasteiger partial charge in [-0.1, -0.05) is 44.0 Å². The van der Waals surface area contributed by atoms with Crippen LogP contribution < -0.4 is 11.1 Å². The lowest BCUT2D eigenvalue weighted by Gasteiger charge is -2.16. The van der Waals surface area contributed by atoms with Gasteiger partial charge in [-0.2, -0.15) is 0 Å². The van der Waals surface area contributed by atoms with Crippen molar-refractivity contribution in [1.29, 1.82) is 0 Å². The second-order valence-electron chi connectivity index (χ2n) is 4.92. The van der Waals surface area contributed by atoms with Crippen LogP contribution in [-0.2, 0) is 11.2 Å². The zero-order chi connectivity index (χ0) is 17.0. The van der Waals surface area contributed by atoms with Gasteiger partial charge in [0.15, 0.2) is 0 Å². The van der Waals surface area contributed by atoms with Crippen LogP contribution in [0.3, 0.4) is 0 Å². The number of amides is 2. The first-order valence-corrected chi connectivity index (χ1v) is 9.32. The van der Waals surface area contributed by atoms with Crippen molar-refractivity contribution in [3.05, 3.63) is 66.1 Å². The fourth-order valence-corrected chi connectivity index (χ4v) is 3.66. The predicted octanol–water partition coefficient (Wildman–Crippen LogP) is 3.64. The smallest absolute Gasteiger partial charge is 0.252 e. The van der Waals surface area contributed by atoms with E-state index in [2.05, 4.69) is 59.8 Å². The van der Waals surface area contributed by atoms with Gasteiger partial charge in [-0.15, -0.1) is 0 Å². The van der Waals surface area contributed by atoms with Gasteiger partial charge < -0.3 is 11.1 Å². The maximum absolute atomic E-state index is 12.3. The van der Waals surface area contributed by atoms with E-state index in [0.29, 0.717) is 12.0 Å². The van der Waals surface area contributed by atoms with Crippen molar-refractivity contribution in [2.45, 2.75) is 12.5 Å². The first kappa shape index (κ1) is 18.4. The fraction of sp³-hybridized carbons (Fsp3) is 0.125. The summed E-state index contributed by atoms with van der Waals surface area (Å²) < 4.78 is 2.64. The van der Waals surface area contributed by atoms with Crippen LogP contribution in [0.1, 0.15) is 15.9 Å². The van der Waals surface area contributed by atoms with Gasteiger partial charge in [-0.05, 0) is 58.5 Å². The Morgan fingerprint density at radius 1 is 1.09 bits per heavy atom. The molecule has 0 heterocycles. The Kier molecular flexibility index (Phi) is 6.60. The molecule has 0 fully saturated rings. The highest BCUT2D eigenvalue weighted by Gasteiger charge is 2.20. The third-order valence-corrected chi connectivity index (χ3v) is 4.76. The number of halogens is 3. The predicted molar refractivity (Wildman–Crippen MR) is 105 cm³/mol. The lowest BCUT2D eigenvalue weighted by atomic mass is 10.0. The number of benzene rings is 2. The van der Waals surface area contributed by atoms with E-state index in [0.717, 1.165) is 18.1 Å². The van der Waals surface area contributed by atoms with Crippen molar-refractivity contribution in [2.75, 3.05) is 0 Å². The van der Waals surface area contributed by atoms with Gasteiger partial charge in [-0.3, -0.25) is 9.59 Å². The highest BCUT2D eigenvalue weighted by atomic mass is 127. The number of carbonyl (C=O) groups is 2. The number of hydrogen-bond acceptors (Lipinski definition) is 2. The summed E-state index contributed by atoms with van der Waals surface area (Å²) in [7, 11) is 0. The molecular formula is C16H13Br2IN2O2. The number of primary amides is 1. The summed E-state index contributed by atoms with van der Waals surface area (Å²) in [5.41, 5.74) is 6.81. The van der Waals surface area contributed by atoms with Crippen molar-refractivity contribution in [2.24, 2.45) is 5.73 Å². The van der Waals surface area contributed by atoms with Gasteiger partial charge in [0.05, 0.1) is 0 Å². The van der Waals surface area contributed by atoms with Gasteiger partial charge >= 0.3 is 0 Å². The van der Waals surface area contributed by atoms with E-state index in [4.69, 9.17) is 5.73 Å². The highest BCUT2D eigenvalue weighted by molar-refractivity contribution is 14.1. The summed E-state index contributed by atoms with van der Waals surface area (Å²) >= 11 is 8.88. The molecule has 1 atom stereocenters. The van der Waals surface area contributed by atoms with E-state index >= 15 is 0 Å². The van der Waals surface area contributed by atoms with Gasteiger partial charge in [0.1, 0.15) is 6.04 Å². The molecule has 2 amide bonds. The Morgan fingerprint density at radius 2 is 1.65 bits per heavy atom. The van der Waals surface area contributed by atoms with Crippen molar-refractivity contribution in [3.8, 4) is 0 Å². The highest BCUT2D eigenvalue weighted by Crippen LogP contribution is 2.20. The molecule has 2 rings (SSSR count). The van der Waals surface area contributed by atoms with Crippen molar-refractivity contribution >= 4 is 66.3 Å². The van der Waals surface area contributed by atoms with Crippen LogP contribution in [0.2, 0.25) is 0 Å². The second kappa shape index (κ2) is 8.25. The molecule has 7 heteroatoms. The molecule has 0 saturated carbocycles. The molecule has 0 aliphatic carbocycles. The third kappa shape index (κ3) is 5.58. The topological polar surface area (TPSA) is 72.2 Å². The fourth-order valence-electron chi connectivity index (χ4n) is 2.01. The van der Waals surface area contributed by atoms with Crippen molar-refractivity contribution in [1.82, 2.24) is 5.32 Å². The van der Waals surface area contributed by atoms with E-state index in [1.54, 1.807) is 12.1 Å². The molecule has 4 nitrogen and oxygen atoms in total. The van der Waals surface area contributed by atoms with E-state index in [1.165, 1.54) is 0 Å². The monoisotopic (exact) mass is 550 g/mol. The van der Waals surface area contributed by atoms with Crippen LogP contribution in [0.5, 0.6) is 0 Å². The van der Waals surface area contributed by atoms with E-state index in [9.17, 15) is 9.59 Å². The number of nitrogens with one attached hydrogen (secondary N) is 1. The molecule has 23 heavy (non-hydrogen) atoms. The lowest BCUT2D eigenvalue weighted by Crippen LogP contribution is -2.45. The number of carbonyl (C=O) groups excluding carboxylic acids is 2. The summed E-state index contributed by atoms with van der Waals surface area (Å²) in [6, 6.07) is 12.2. The Morgan fingerprint density at radius 3 is 2.17 bits per heavy atom. The third-order valence-electron chi connectivity index (χ3n) is 3.13. The normalized spacial score (nSPS) is 11.8. The van der Waals surface area contributed by atoms with Crippen LogP contribution in [-0.4, -0.2) is 17.9 Å². The Hall–Kier alpha value is -0.930. The summed E-state index contributed by atoms with van der Waals surface area (Å²) in [5.74, 6) is -0.910. The average molecular weight is 552 g/mol. The van der Waals surface area contributed by atoms with Crippen LogP contribution in [0.4, 0.5) is 0 Å². The molecule has 0 aliphatic heterocycles. The minimum Gasteiger partial charge on any atom is -0.368 e. The molecular weight excluding hydrogens is 539 g/mol.